The van der Waals surface area contributed by atoms with Crippen LogP contribution in [0.3, 0.4) is 0 Å². The Bertz CT molecular complexity index is 859. The number of carbonyl (C=O) groups is 1. The van der Waals surface area contributed by atoms with Crippen LogP contribution >= 0.6 is 0 Å². The number of rotatable bonds is 2. The number of aryl methyl sites for hydroxylation is 1. The van der Waals surface area contributed by atoms with E-state index in [1.165, 1.54) is 6.07 Å². The SMILES string of the molecule is Cc1ccccc1-c1cc(=O)oc2cc(C=O)ccc12. The monoisotopic (exact) mass is 264 g/mol. The fraction of sp³-hybridized carbons (Fsp3) is 0.0588. The van der Waals surface area contributed by atoms with E-state index in [0.29, 0.717) is 11.1 Å². The van der Waals surface area contributed by atoms with Gasteiger partial charge >= 0.3 is 5.63 Å². The summed E-state index contributed by atoms with van der Waals surface area (Å²) >= 11 is 0. The van der Waals surface area contributed by atoms with Gasteiger partial charge in [0.05, 0.1) is 0 Å². The van der Waals surface area contributed by atoms with Crippen molar-refractivity contribution in [2.24, 2.45) is 0 Å². The van der Waals surface area contributed by atoms with Crippen molar-refractivity contribution in [2.75, 3.05) is 0 Å². The molecule has 0 atom stereocenters. The molecule has 3 heteroatoms. The molecule has 0 fully saturated rings. The van der Waals surface area contributed by atoms with Gasteiger partial charge in [0.15, 0.2) is 0 Å². The second kappa shape index (κ2) is 4.78. The summed E-state index contributed by atoms with van der Waals surface area (Å²) in [7, 11) is 0. The third-order valence-corrected chi connectivity index (χ3v) is 3.34. The van der Waals surface area contributed by atoms with Crippen LogP contribution in [0.15, 0.2) is 57.7 Å². The Balaban J connectivity index is 2.39. The maximum atomic E-state index is 11.7. The predicted molar refractivity (Wildman–Crippen MR) is 78.0 cm³/mol. The summed E-state index contributed by atoms with van der Waals surface area (Å²) in [5, 5.41) is 0.824. The number of aldehydes is 1. The van der Waals surface area contributed by atoms with Gasteiger partial charge in [-0.2, -0.15) is 0 Å². The van der Waals surface area contributed by atoms with Crippen LogP contribution in [0.5, 0.6) is 0 Å². The molecule has 0 aliphatic carbocycles. The average molecular weight is 264 g/mol. The molecule has 0 unspecified atom stereocenters. The first-order valence-electron chi connectivity index (χ1n) is 6.28. The molecule has 0 N–H and O–H groups in total. The van der Waals surface area contributed by atoms with Gasteiger partial charge in [0, 0.05) is 22.6 Å². The van der Waals surface area contributed by atoms with Gasteiger partial charge in [-0.3, -0.25) is 4.79 Å². The van der Waals surface area contributed by atoms with Crippen molar-refractivity contribution in [3.63, 3.8) is 0 Å². The molecule has 1 aromatic heterocycles. The van der Waals surface area contributed by atoms with Crippen LogP contribution in [-0.4, -0.2) is 6.29 Å². The number of hydrogen-bond acceptors (Lipinski definition) is 3. The summed E-state index contributed by atoms with van der Waals surface area (Å²) in [5.74, 6) is 0. The van der Waals surface area contributed by atoms with Crippen LogP contribution in [0.1, 0.15) is 15.9 Å². The highest BCUT2D eigenvalue weighted by atomic mass is 16.4. The standard InChI is InChI=1S/C17H12O3/c1-11-4-2-3-5-13(11)15-9-17(19)20-16-8-12(10-18)6-7-14(15)16/h2-10H,1H3. The van der Waals surface area contributed by atoms with Crippen molar-refractivity contribution >= 4 is 17.3 Å². The first-order chi connectivity index (χ1) is 9.69. The highest BCUT2D eigenvalue weighted by Crippen LogP contribution is 2.29. The molecule has 98 valence electrons. The van der Waals surface area contributed by atoms with Gasteiger partial charge in [0.1, 0.15) is 11.9 Å². The van der Waals surface area contributed by atoms with Gasteiger partial charge in [-0.1, -0.05) is 30.3 Å². The Labute approximate surface area is 115 Å². The number of carbonyl (C=O) groups excluding carboxylic acids is 1. The number of hydrogen-bond donors (Lipinski definition) is 0. The molecule has 0 amide bonds. The topological polar surface area (TPSA) is 47.3 Å². The van der Waals surface area contributed by atoms with E-state index in [4.69, 9.17) is 4.42 Å². The molecule has 0 aliphatic heterocycles. The summed E-state index contributed by atoms with van der Waals surface area (Å²) in [4.78, 5) is 22.6. The zero-order valence-corrected chi connectivity index (χ0v) is 10.9. The van der Waals surface area contributed by atoms with Crippen LogP contribution in [0, 0.1) is 6.92 Å². The summed E-state index contributed by atoms with van der Waals surface area (Å²) in [6, 6.07) is 14.5. The minimum absolute atomic E-state index is 0.418. The lowest BCUT2D eigenvalue weighted by Crippen LogP contribution is -1.99. The quantitative estimate of drug-likeness (QED) is 0.525. The van der Waals surface area contributed by atoms with Crippen molar-refractivity contribution in [1.82, 2.24) is 0 Å². The molecular formula is C17H12O3. The van der Waals surface area contributed by atoms with E-state index < -0.39 is 5.63 Å². The minimum Gasteiger partial charge on any atom is -0.423 e. The normalized spacial score (nSPS) is 10.7. The van der Waals surface area contributed by atoms with Crippen LogP contribution in [0.4, 0.5) is 0 Å². The van der Waals surface area contributed by atoms with Crippen molar-refractivity contribution in [1.29, 1.82) is 0 Å². The van der Waals surface area contributed by atoms with E-state index in [1.54, 1.807) is 12.1 Å². The van der Waals surface area contributed by atoms with Crippen molar-refractivity contribution < 1.29 is 9.21 Å². The molecular weight excluding hydrogens is 252 g/mol. The van der Waals surface area contributed by atoms with E-state index in [9.17, 15) is 9.59 Å². The highest BCUT2D eigenvalue weighted by Gasteiger charge is 2.10. The van der Waals surface area contributed by atoms with Gasteiger partial charge in [0.25, 0.3) is 0 Å². The maximum absolute atomic E-state index is 11.7. The molecule has 0 saturated heterocycles. The fourth-order valence-electron chi connectivity index (χ4n) is 2.35. The van der Waals surface area contributed by atoms with Gasteiger partial charge in [-0.25, -0.2) is 4.79 Å². The van der Waals surface area contributed by atoms with Crippen molar-refractivity contribution in [2.45, 2.75) is 6.92 Å². The Morgan fingerprint density at radius 3 is 2.55 bits per heavy atom. The van der Waals surface area contributed by atoms with Crippen LogP contribution < -0.4 is 5.63 Å². The largest absolute Gasteiger partial charge is 0.423 e. The third kappa shape index (κ3) is 2.03. The van der Waals surface area contributed by atoms with Crippen molar-refractivity contribution in [3.05, 3.63) is 70.1 Å². The number of benzene rings is 2. The summed E-state index contributed by atoms with van der Waals surface area (Å²) in [5.41, 5.74) is 3.40. The Morgan fingerprint density at radius 2 is 1.80 bits per heavy atom. The highest BCUT2D eigenvalue weighted by molar-refractivity contribution is 5.96. The molecule has 0 saturated carbocycles. The lowest BCUT2D eigenvalue weighted by atomic mass is 9.97. The Morgan fingerprint density at radius 1 is 1.00 bits per heavy atom. The molecule has 3 rings (SSSR count). The van der Waals surface area contributed by atoms with E-state index in [1.807, 2.05) is 37.3 Å². The molecule has 0 spiro atoms. The van der Waals surface area contributed by atoms with E-state index in [-0.39, 0.29) is 0 Å². The summed E-state index contributed by atoms with van der Waals surface area (Å²) in [6.07, 6.45) is 0.736. The molecule has 3 aromatic rings. The molecule has 20 heavy (non-hydrogen) atoms. The van der Waals surface area contributed by atoms with Crippen LogP contribution in [-0.2, 0) is 0 Å². The zero-order valence-electron chi connectivity index (χ0n) is 10.9. The van der Waals surface area contributed by atoms with E-state index >= 15 is 0 Å². The predicted octanol–water partition coefficient (Wildman–Crippen LogP) is 3.58. The van der Waals surface area contributed by atoms with E-state index in [0.717, 1.165) is 28.4 Å². The average Bonchev–Trinajstić information content (AvgIpc) is 2.46. The number of fused-ring (bicyclic) bond motifs is 1. The lowest BCUT2D eigenvalue weighted by molar-refractivity contribution is 0.112. The molecule has 2 aromatic carbocycles. The van der Waals surface area contributed by atoms with Gasteiger partial charge in [-0.15, -0.1) is 0 Å². The lowest BCUT2D eigenvalue weighted by Gasteiger charge is -2.08. The Kier molecular flexibility index (Phi) is 2.95. The van der Waals surface area contributed by atoms with E-state index in [2.05, 4.69) is 0 Å². The molecule has 3 nitrogen and oxygen atoms in total. The first-order valence-corrected chi connectivity index (χ1v) is 6.28. The first kappa shape index (κ1) is 12.4. The zero-order chi connectivity index (χ0) is 14.1. The molecule has 0 bridgehead atoms. The summed E-state index contributed by atoms with van der Waals surface area (Å²) < 4.78 is 5.19. The second-order valence-corrected chi connectivity index (χ2v) is 4.67. The minimum atomic E-state index is -0.418. The van der Waals surface area contributed by atoms with Gasteiger partial charge < -0.3 is 4.42 Å². The Hall–Kier alpha value is -2.68. The van der Waals surface area contributed by atoms with Gasteiger partial charge in [0.2, 0.25) is 0 Å². The van der Waals surface area contributed by atoms with Crippen LogP contribution in [0.25, 0.3) is 22.1 Å². The maximum Gasteiger partial charge on any atom is 0.336 e. The van der Waals surface area contributed by atoms with Crippen molar-refractivity contribution in [3.8, 4) is 11.1 Å². The second-order valence-electron chi connectivity index (χ2n) is 4.67. The fourth-order valence-corrected chi connectivity index (χ4v) is 2.35. The molecule has 1 heterocycles. The molecule has 0 aliphatic rings. The van der Waals surface area contributed by atoms with Crippen LogP contribution in [0.2, 0.25) is 0 Å². The van der Waals surface area contributed by atoms with Gasteiger partial charge in [-0.05, 0) is 30.2 Å². The summed E-state index contributed by atoms with van der Waals surface area (Å²) in [6.45, 7) is 2.00. The third-order valence-electron chi connectivity index (χ3n) is 3.34. The smallest absolute Gasteiger partial charge is 0.336 e. The molecule has 0 radical (unpaired) electrons.